The minimum Gasteiger partial charge on any atom is -0.486 e. The van der Waals surface area contributed by atoms with Gasteiger partial charge >= 0.3 is 0 Å². The van der Waals surface area contributed by atoms with Crippen LogP contribution in [0, 0.1) is 11.3 Å². The number of nitrogens with zero attached hydrogens (tertiary/aromatic N) is 4. The van der Waals surface area contributed by atoms with Gasteiger partial charge in [0.05, 0.1) is 12.1 Å². The first kappa shape index (κ1) is 16.1. The minimum absolute atomic E-state index is 0.127. The van der Waals surface area contributed by atoms with E-state index in [1.807, 2.05) is 6.07 Å². The fraction of sp³-hybridized carbons (Fsp3) is 0.333. The van der Waals surface area contributed by atoms with E-state index in [9.17, 15) is 4.79 Å². The van der Waals surface area contributed by atoms with Gasteiger partial charge in [-0.3, -0.25) is 4.79 Å². The maximum absolute atomic E-state index is 12.9. The highest BCUT2D eigenvalue weighted by atomic mass is 16.6. The molecule has 0 unspecified atom stereocenters. The standard InChI is InChI=1S/C18H16N4O4/c19-10-14-17(21-6-5-20-14)26-12-4-7-22(11-12)18(23)13-2-1-3-15-16(13)25-9-8-24-15/h1-3,5-6,12H,4,7-9,11H2/t12-/m1/s1. The fourth-order valence-electron chi connectivity index (χ4n) is 3.07. The molecule has 0 spiro atoms. The molecule has 2 aromatic rings. The van der Waals surface area contributed by atoms with E-state index in [0.717, 1.165) is 0 Å². The summed E-state index contributed by atoms with van der Waals surface area (Å²) in [5.74, 6) is 1.15. The summed E-state index contributed by atoms with van der Waals surface area (Å²) in [7, 11) is 0. The maximum atomic E-state index is 12.9. The summed E-state index contributed by atoms with van der Waals surface area (Å²) in [4.78, 5) is 22.6. The van der Waals surface area contributed by atoms with Gasteiger partial charge in [0.1, 0.15) is 25.4 Å². The van der Waals surface area contributed by atoms with Crippen LogP contribution < -0.4 is 14.2 Å². The van der Waals surface area contributed by atoms with Gasteiger partial charge in [-0.2, -0.15) is 5.26 Å². The SMILES string of the molecule is N#Cc1nccnc1O[C@@H]1CCN(C(=O)c2cccc3c2OCCO3)C1. The smallest absolute Gasteiger partial charge is 0.257 e. The molecular weight excluding hydrogens is 336 g/mol. The zero-order valence-electron chi connectivity index (χ0n) is 13.9. The van der Waals surface area contributed by atoms with Gasteiger partial charge in [0, 0.05) is 25.4 Å². The lowest BCUT2D eigenvalue weighted by atomic mass is 10.1. The molecule has 4 rings (SSSR count). The Kier molecular flexibility index (Phi) is 4.27. The average Bonchev–Trinajstić information content (AvgIpc) is 3.16. The van der Waals surface area contributed by atoms with Crippen molar-refractivity contribution in [1.82, 2.24) is 14.9 Å². The van der Waals surface area contributed by atoms with E-state index in [0.29, 0.717) is 49.8 Å². The second-order valence-corrected chi connectivity index (χ2v) is 5.93. The van der Waals surface area contributed by atoms with Crippen LogP contribution in [0.4, 0.5) is 0 Å². The highest BCUT2D eigenvalue weighted by molar-refractivity contribution is 5.98. The van der Waals surface area contributed by atoms with Crippen LogP contribution >= 0.6 is 0 Å². The number of hydrogen-bond acceptors (Lipinski definition) is 7. The Balaban J connectivity index is 1.47. The molecule has 1 aromatic heterocycles. The Morgan fingerprint density at radius 2 is 2.12 bits per heavy atom. The molecule has 26 heavy (non-hydrogen) atoms. The number of carbonyl (C=O) groups excluding carboxylic acids is 1. The lowest BCUT2D eigenvalue weighted by Gasteiger charge is -2.23. The number of carbonyl (C=O) groups is 1. The van der Waals surface area contributed by atoms with Crippen LogP contribution in [-0.4, -0.2) is 53.2 Å². The molecule has 2 aliphatic rings. The van der Waals surface area contributed by atoms with Crippen molar-refractivity contribution in [3.05, 3.63) is 41.9 Å². The molecular formula is C18H16N4O4. The Hall–Kier alpha value is -3.34. The van der Waals surface area contributed by atoms with Gasteiger partial charge in [-0.05, 0) is 12.1 Å². The molecule has 8 heteroatoms. The number of amides is 1. The zero-order valence-corrected chi connectivity index (χ0v) is 13.9. The first-order chi connectivity index (χ1) is 12.8. The van der Waals surface area contributed by atoms with E-state index < -0.39 is 0 Å². The largest absolute Gasteiger partial charge is 0.486 e. The Morgan fingerprint density at radius 3 is 3.00 bits per heavy atom. The molecule has 0 aliphatic carbocycles. The third-order valence-corrected chi connectivity index (χ3v) is 4.28. The second kappa shape index (κ2) is 6.88. The number of hydrogen-bond donors (Lipinski definition) is 0. The number of likely N-dealkylation sites (tertiary alicyclic amines) is 1. The molecule has 0 N–H and O–H groups in total. The lowest BCUT2D eigenvalue weighted by molar-refractivity contribution is 0.0760. The summed E-state index contributed by atoms with van der Waals surface area (Å²) in [6.45, 7) is 1.86. The molecule has 1 saturated heterocycles. The van der Waals surface area contributed by atoms with Crippen LogP contribution in [0.2, 0.25) is 0 Å². The third kappa shape index (κ3) is 2.99. The first-order valence-electron chi connectivity index (χ1n) is 8.32. The molecule has 1 fully saturated rings. The van der Waals surface area contributed by atoms with Crippen LogP contribution in [0.5, 0.6) is 17.4 Å². The van der Waals surface area contributed by atoms with E-state index in [1.165, 1.54) is 12.4 Å². The summed E-state index contributed by atoms with van der Waals surface area (Å²) in [5.41, 5.74) is 0.625. The summed E-state index contributed by atoms with van der Waals surface area (Å²) >= 11 is 0. The number of para-hydroxylation sites is 1. The number of benzene rings is 1. The van der Waals surface area contributed by atoms with Crippen molar-refractivity contribution >= 4 is 5.91 Å². The van der Waals surface area contributed by atoms with Crippen molar-refractivity contribution in [2.45, 2.75) is 12.5 Å². The lowest BCUT2D eigenvalue weighted by Crippen LogP contribution is -2.32. The van der Waals surface area contributed by atoms with Gasteiger partial charge in [0.2, 0.25) is 5.69 Å². The number of aromatic nitrogens is 2. The molecule has 1 aromatic carbocycles. The average molecular weight is 352 g/mol. The molecule has 0 radical (unpaired) electrons. The van der Waals surface area contributed by atoms with Gasteiger partial charge in [-0.15, -0.1) is 0 Å². The molecule has 0 bridgehead atoms. The molecule has 3 heterocycles. The van der Waals surface area contributed by atoms with E-state index in [2.05, 4.69) is 9.97 Å². The number of rotatable bonds is 3. The van der Waals surface area contributed by atoms with Crippen LogP contribution in [0.3, 0.4) is 0 Å². The van der Waals surface area contributed by atoms with Crippen molar-refractivity contribution in [3.8, 4) is 23.4 Å². The molecule has 1 amide bonds. The summed E-state index contributed by atoms with van der Waals surface area (Å²) in [6, 6.07) is 7.26. The van der Waals surface area contributed by atoms with Crippen molar-refractivity contribution in [1.29, 1.82) is 5.26 Å². The van der Waals surface area contributed by atoms with Gasteiger partial charge in [0.15, 0.2) is 11.5 Å². The van der Waals surface area contributed by atoms with E-state index in [4.69, 9.17) is 19.5 Å². The van der Waals surface area contributed by atoms with E-state index in [1.54, 1.807) is 23.1 Å². The number of nitriles is 1. The summed E-state index contributed by atoms with van der Waals surface area (Å²) in [6.07, 6.45) is 3.33. The van der Waals surface area contributed by atoms with Crippen LogP contribution in [0.1, 0.15) is 22.5 Å². The maximum Gasteiger partial charge on any atom is 0.257 e. The fourth-order valence-corrected chi connectivity index (χ4v) is 3.07. The summed E-state index contributed by atoms with van der Waals surface area (Å²) < 4.78 is 16.9. The monoisotopic (exact) mass is 352 g/mol. The molecule has 0 saturated carbocycles. The van der Waals surface area contributed by atoms with Gasteiger partial charge < -0.3 is 19.1 Å². The highest BCUT2D eigenvalue weighted by Gasteiger charge is 2.31. The zero-order chi connectivity index (χ0) is 17.9. The van der Waals surface area contributed by atoms with Crippen molar-refractivity contribution in [2.75, 3.05) is 26.3 Å². The van der Waals surface area contributed by atoms with Crippen LogP contribution in [0.15, 0.2) is 30.6 Å². The predicted molar refractivity (Wildman–Crippen MR) is 89.1 cm³/mol. The number of fused-ring (bicyclic) bond motifs is 1. The van der Waals surface area contributed by atoms with E-state index >= 15 is 0 Å². The third-order valence-electron chi connectivity index (χ3n) is 4.28. The molecule has 1 atom stereocenters. The van der Waals surface area contributed by atoms with Crippen molar-refractivity contribution < 1.29 is 19.0 Å². The Bertz CT molecular complexity index is 880. The normalized spacial score (nSPS) is 18.3. The topological polar surface area (TPSA) is 97.6 Å². The highest BCUT2D eigenvalue weighted by Crippen LogP contribution is 2.34. The molecule has 8 nitrogen and oxygen atoms in total. The Labute approximate surface area is 149 Å². The van der Waals surface area contributed by atoms with Crippen LogP contribution in [-0.2, 0) is 0 Å². The Morgan fingerprint density at radius 1 is 1.27 bits per heavy atom. The van der Waals surface area contributed by atoms with Gasteiger partial charge in [0.25, 0.3) is 11.8 Å². The van der Waals surface area contributed by atoms with Gasteiger partial charge in [-0.1, -0.05) is 6.07 Å². The second-order valence-electron chi connectivity index (χ2n) is 5.93. The summed E-state index contributed by atoms with van der Waals surface area (Å²) in [5, 5.41) is 9.07. The van der Waals surface area contributed by atoms with Gasteiger partial charge in [-0.25, -0.2) is 9.97 Å². The van der Waals surface area contributed by atoms with E-state index in [-0.39, 0.29) is 23.6 Å². The van der Waals surface area contributed by atoms with Crippen LogP contribution in [0.25, 0.3) is 0 Å². The number of ether oxygens (including phenoxy) is 3. The van der Waals surface area contributed by atoms with Crippen molar-refractivity contribution in [2.24, 2.45) is 0 Å². The minimum atomic E-state index is -0.237. The molecule has 2 aliphatic heterocycles. The van der Waals surface area contributed by atoms with Crippen molar-refractivity contribution in [3.63, 3.8) is 0 Å². The predicted octanol–water partition coefficient (Wildman–Crippen LogP) is 1.41. The quantitative estimate of drug-likeness (QED) is 0.824. The molecule has 132 valence electrons. The first-order valence-corrected chi connectivity index (χ1v) is 8.32.